The van der Waals surface area contributed by atoms with E-state index in [1.165, 1.54) is 11.5 Å². The molecule has 0 bridgehead atoms. The molecule has 0 N–H and O–H groups in total. The third kappa shape index (κ3) is 5.17. The Morgan fingerprint density at radius 1 is 0.806 bits per heavy atom. The van der Waals surface area contributed by atoms with Crippen molar-refractivity contribution >= 4 is 11.9 Å². The summed E-state index contributed by atoms with van der Waals surface area (Å²) in [5.41, 5.74) is 1.18. The molecule has 0 aliphatic heterocycles. The highest BCUT2D eigenvalue weighted by Gasteiger charge is 2.24. The predicted octanol–water partition coefficient (Wildman–Crippen LogP) is 3.99. The zero-order valence-corrected chi connectivity index (χ0v) is 19.8. The lowest BCUT2D eigenvalue weighted by Gasteiger charge is -2.19. The van der Waals surface area contributed by atoms with Crippen LogP contribution in [0, 0.1) is 0 Å². The molecule has 0 amide bonds. The van der Waals surface area contributed by atoms with E-state index in [0.29, 0.717) is 16.8 Å². The molecule has 182 valence electrons. The number of benzene rings is 3. The first kappa shape index (κ1) is 24.4. The van der Waals surface area contributed by atoms with Gasteiger partial charge in [0.15, 0.2) is 5.78 Å². The zero-order chi connectivity index (χ0) is 25.7. The Hall–Kier alpha value is -4.72. The van der Waals surface area contributed by atoms with E-state index in [2.05, 4.69) is 4.74 Å². The molecule has 8 nitrogen and oxygen atoms in total. The van der Waals surface area contributed by atoms with Crippen molar-refractivity contribution in [3.05, 3.63) is 128 Å². The molecular weight excluding hydrogens is 460 g/mol. The molecule has 3 aromatic carbocycles. The summed E-state index contributed by atoms with van der Waals surface area (Å²) in [6.07, 6.45) is -1.01. The number of hydrogen-bond donors (Lipinski definition) is 0. The fourth-order valence-corrected chi connectivity index (χ4v) is 3.84. The highest BCUT2D eigenvalue weighted by atomic mass is 16.7. The number of ketones is 1. The van der Waals surface area contributed by atoms with Crippen LogP contribution < -0.4 is 16.0 Å². The number of carbonyl (C=O) groups is 2. The lowest BCUT2D eigenvalue weighted by molar-refractivity contribution is 0.101. The fraction of sp³-hybridized carbons (Fsp3) is 0.143. The van der Waals surface area contributed by atoms with Crippen molar-refractivity contribution < 1.29 is 19.1 Å². The summed E-state index contributed by atoms with van der Waals surface area (Å²) in [5, 5.41) is 0. The molecule has 1 aromatic heterocycles. The summed E-state index contributed by atoms with van der Waals surface area (Å²) < 4.78 is 12.4. The molecule has 0 saturated heterocycles. The van der Waals surface area contributed by atoms with Gasteiger partial charge >= 0.3 is 11.8 Å². The van der Waals surface area contributed by atoms with Gasteiger partial charge in [-0.1, -0.05) is 72.8 Å². The van der Waals surface area contributed by atoms with Gasteiger partial charge in [0.2, 0.25) is 5.88 Å². The number of ether oxygens (including phenoxy) is 2. The summed E-state index contributed by atoms with van der Waals surface area (Å²) in [5.74, 6) is -0.275. The van der Waals surface area contributed by atoms with Gasteiger partial charge in [-0.05, 0) is 30.2 Å². The molecule has 0 atom stereocenters. The Kier molecular flexibility index (Phi) is 7.25. The molecule has 0 saturated carbocycles. The van der Waals surface area contributed by atoms with E-state index in [1.807, 2.05) is 30.3 Å². The van der Waals surface area contributed by atoms with Gasteiger partial charge in [-0.15, -0.1) is 0 Å². The van der Waals surface area contributed by atoms with Crippen molar-refractivity contribution in [3.63, 3.8) is 0 Å². The number of nitrogens with zero attached hydrogens (tertiary/aromatic N) is 2. The third-order valence-corrected chi connectivity index (χ3v) is 5.67. The lowest BCUT2D eigenvalue weighted by atomic mass is 10.0. The summed E-state index contributed by atoms with van der Waals surface area (Å²) in [6, 6.07) is 24.4. The minimum Gasteiger partial charge on any atom is -0.437 e. The minimum absolute atomic E-state index is 0.0469. The van der Waals surface area contributed by atoms with Crippen molar-refractivity contribution in [1.82, 2.24) is 9.13 Å². The van der Waals surface area contributed by atoms with E-state index in [9.17, 15) is 19.2 Å². The Balaban J connectivity index is 1.97. The van der Waals surface area contributed by atoms with Crippen molar-refractivity contribution in [2.24, 2.45) is 0 Å². The number of carbonyl (C=O) groups excluding carboxylic acids is 2. The van der Waals surface area contributed by atoms with Crippen molar-refractivity contribution in [3.8, 4) is 11.6 Å². The predicted molar refractivity (Wildman–Crippen MR) is 134 cm³/mol. The van der Waals surface area contributed by atoms with E-state index in [1.54, 1.807) is 54.6 Å². The molecule has 36 heavy (non-hydrogen) atoms. The number of para-hydroxylation sites is 1. The smallest absolute Gasteiger partial charge is 0.437 e. The number of hydrogen-bond acceptors (Lipinski definition) is 6. The Morgan fingerprint density at radius 2 is 1.42 bits per heavy atom. The average molecular weight is 485 g/mol. The Morgan fingerprint density at radius 3 is 2.00 bits per heavy atom. The van der Waals surface area contributed by atoms with E-state index in [4.69, 9.17) is 4.74 Å². The largest absolute Gasteiger partial charge is 0.514 e. The second kappa shape index (κ2) is 10.7. The van der Waals surface area contributed by atoms with Gasteiger partial charge in [-0.25, -0.2) is 14.2 Å². The molecule has 0 aliphatic rings. The molecule has 8 heteroatoms. The monoisotopic (exact) mass is 484 g/mol. The zero-order valence-electron chi connectivity index (χ0n) is 19.8. The van der Waals surface area contributed by atoms with Crippen molar-refractivity contribution in [2.75, 3.05) is 7.11 Å². The molecule has 0 aliphatic carbocycles. The van der Waals surface area contributed by atoms with Crippen LogP contribution in [0.25, 0.3) is 5.69 Å². The second-order valence-electron chi connectivity index (χ2n) is 8.10. The summed E-state index contributed by atoms with van der Waals surface area (Å²) in [7, 11) is 1.15. The first-order chi connectivity index (χ1) is 17.4. The van der Waals surface area contributed by atoms with Crippen LogP contribution >= 0.6 is 0 Å². The van der Waals surface area contributed by atoms with E-state index in [0.717, 1.165) is 17.2 Å². The summed E-state index contributed by atoms with van der Waals surface area (Å²) in [4.78, 5) is 51.2. The first-order valence-corrected chi connectivity index (χ1v) is 11.2. The highest BCUT2D eigenvalue weighted by molar-refractivity contribution is 5.94. The molecule has 0 fully saturated rings. The Labute approximate surface area is 207 Å². The maximum Gasteiger partial charge on any atom is 0.514 e. The number of methoxy groups -OCH3 is 1. The number of Topliss-reactive ketones (excluding diaryl/α,β-unsaturated/α-hetero) is 1. The van der Waals surface area contributed by atoms with Crippen LogP contribution in [0.4, 0.5) is 4.79 Å². The van der Waals surface area contributed by atoms with Gasteiger partial charge in [0.1, 0.15) is 0 Å². The molecule has 0 spiro atoms. The van der Waals surface area contributed by atoms with Gasteiger partial charge in [0.25, 0.3) is 5.56 Å². The lowest BCUT2D eigenvalue weighted by Crippen LogP contribution is -2.42. The van der Waals surface area contributed by atoms with Crippen LogP contribution in [0.1, 0.15) is 34.0 Å². The maximum absolute atomic E-state index is 13.7. The van der Waals surface area contributed by atoms with E-state index in [-0.39, 0.29) is 30.2 Å². The molecule has 4 rings (SSSR count). The maximum atomic E-state index is 13.7. The van der Waals surface area contributed by atoms with Crippen molar-refractivity contribution in [2.45, 2.75) is 19.9 Å². The van der Waals surface area contributed by atoms with Crippen LogP contribution in [0.2, 0.25) is 0 Å². The third-order valence-electron chi connectivity index (χ3n) is 5.67. The van der Waals surface area contributed by atoms with E-state index >= 15 is 0 Å². The summed E-state index contributed by atoms with van der Waals surface area (Å²) >= 11 is 0. The van der Waals surface area contributed by atoms with Gasteiger partial charge in [-0.3, -0.25) is 14.2 Å². The number of rotatable bonds is 7. The molecule has 0 unspecified atom stereocenters. The Bertz CT molecular complexity index is 1500. The van der Waals surface area contributed by atoms with E-state index < -0.39 is 17.4 Å². The highest BCUT2D eigenvalue weighted by Crippen LogP contribution is 2.21. The molecular formula is C28H24N2O6. The number of aromatic nitrogens is 2. The fourth-order valence-electron chi connectivity index (χ4n) is 3.84. The topological polar surface area (TPSA) is 96.6 Å². The standard InChI is InChI=1S/C28H24N2O6/c1-19(31)22-15-13-20(14-16-22)17-24-25(32)30(23-11-7-4-8-12-23)27(33)29(26(24)36-28(34)35-2)18-21-9-5-3-6-10-21/h3-16H,17-18H2,1-2H3. The molecule has 0 radical (unpaired) electrons. The quantitative estimate of drug-likeness (QED) is 0.291. The van der Waals surface area contributed by atoms with Gasteiger partial charge in [0, 0.05) is 12.0 Å². The van der Waals surface area contributed by atoms with Gasteiger partial charge in [-0.2, -0.15) is 0 Å². The molecule has 1 heterocycles. The van der Waals surface area contributed by atoms with Crippen LogP contribution in [-0.4, -0.2) is 28.2 Å². The van der Waals surface area contributed by atoms with Crippen LogP contribution in [0.15, 0.2) is 94.5 Å². The molecule has 4 aromatic rings. The second-order valence-corrected chi connectivity index (χ2v) is 8.10. The summed E-state index contributed by atoms with van der Waals surface area (Å²) in [6.45, 7) is 1.52. The van der Waals surface area contributed by atoms with Gasteiger partial charge < -0.3 is 9.47 Å². The van der Waals surface area contributed by atoms with Crippen LogP contribution in [0.3, 0.4) is 0 Å². The van der Waals surface area contributed by atoms with Crippen molar-refractivity contribution in [1.29, 1.82) is 0 Å². The van der Waals surface area contributed by atoms with Crippen LogP contribution in [-0.2, 0) is 17.7 Å². The normalized spacial score (nSPS) is 10.6. The average Bonchev–Trinajstić information content (AvgIpc) is 2.90. The van der Waals surface area contributed by atoms with Gasteiger partial charge in [0.05, 0.1) is 24.9 Å². The minimum atomic E-state index is -1.05. The first-order valence-electron chi connectivity index (χ1n) is 11.2. The van der Waals surface area contributed by atoms with Crippen LogP contribution in [0.5, 0.6) is 5.88 Å². The SMILES string of the molecule is COC(=O)Oc1c(Cc2ccc(C(C)=O)cc2)c(=O)n(-c2ccccc2)c(=O)n1Cc1ccccc1.